The van der Waals surface area contributed by atoms with Crippen LogP contribution in [0.15, 0.2) is 42.7 Å². The predicted molar refractivity (Wildman–Crippen MR) is 115 cm³/mol. The van der Waals surface area contributed by atoms with Crippen LogP contribution in [0.2, 0.25) is 0 Å². The third kappa shape index (κ3) is 3.99. The van der Waals surface area contributed by atoms with Gasteiger partial charge in [-0.3, -0.25) is 0 Å². The van der Waals surface area contributed by atoms with Gasteiger partial charge in [0, 0.05) is 6.54 Å². The number of aliphatic hydroxyl groups is 5. The molecule has 4 rings (SSSR count). The van der Waals surface area contributed by atoms with Gasteiger partial charge in [0.05, 0.1) is 18.5 Å². The molecule has 1 aromatic heterocycles. The van der Waals surface area contributed by atoms with E-state index in [0.29, 0.717) is 17.6 Å². The molecule has 2 heterocycles. The van der Waals surface area contributed by atoms with E-state index in [1.807, 2.05) is 29.7 Å². The summed E-state index contributed by atoms with van der Waals surface area (Å²) in [7, 11) is 0. The van der Waals surface area contributed by atoms with Crippen LogP contribution in [0.4, 0.5) is 0 Å². The van der Waals surface area contributed by atoms with E-state index in [1.54, 1.807) is 12.4 Å². The molecule has 0 radical (unpaired) electrons. The van der Waals surface area contributed by atoms with Gasteiger partial charge in [0.15, 0.2) is 6.10 Å². The molecule has 0 spiro atoms. The maximum absolute atomic E-state index is 11.0. The van der Waals surface area contributed by atoms with E-state index >= 15 is 0 Å². The number of hydrogen-bond acceptors (Lipinski definition) is 8. The number of nitrogens with zero attached hydrogens (tertiary/aromatic N) is 2. The van der Waals surface area contributed by atoms with Crippen molar-refractivity contribution in [2.24, 2.45) is 0 Å². The van der Waals surface area contributed by atoms with E-state index in [1.165, 1.54) is 5.56 Å². The number of imidazole rings is 1. The van der Waals surface area contributed by atoms with Crippen LogP contribution in [-0.2, 0) is 17.7 Å². The summed E-state index contributed by atoms with van der Waals surface area (Å²) in [5.74, 6) is -2.51. The van der Waals surface area contributed by atoms with Crippen molar-refractivity contribution in [1.82, 2.24) is 9.55 Å². The molecule has 1 saturated heterocycles. The predicted octanol–water partition coefficient (Wildman–Crippen LogP) is 0.454. The van der Waals surface area contributed by atoms with Gasteiger partial charge in [0.25, 0.3) is 5.79 Å². The van der Waals surface area contributed by atoms with Crippen LogP contribution in [0.25, 0.3) is 11.0 Å². The number of rotatable bonds is 6. The Morgan fingerprint density at radius 2 is 1.81 bits per heavy atom. The Labute approximate surface area is 185 Å². The molecule has 0 saturated carbocycles. The highest BCUT2D eigenvalue weighted by molar-refractivity contribution is 5.83. The molecule has 0 unspecified atom stereocenters. The number of benzene rings is 2. The fourth-order valence-electron chi connectivity index (χ4n) is 3.95. The smallest absolute Gasteiger partial charge is 0.288 e. The molecule has 9 nitrogen and oxygen atoms in total. The zero-order valence-electron chi connectivity index (χ0n) is 17.9. The molecule has 5 N–H and O–H groups in total. The summed E-state index contributed by atoms with van der Waals surface area (Å²) in [6.45, 7) is 3.74. The zero-order chi connectivity index (χ0) is 23.0. The Kier molecular flexibility index (Phi) is 6.22. The highest BCUT2D eigenvalue weighted by Gasteiger charge is 2.57. The number of ether oxygens (including phenoxy) is 2. The van der Waals surface area contributed by atoms with E-state index in [-0.39, 0.29) is 5.75 Å². The molecule has 0 aliphatic carbocycles. The highest BCUT2D eigenvalue weighted by Crippen LogP contribution is 2.35. The Morgan fingerprint density at radius 3 is 2.47 bits per heavy atom. The molecule has 9 heteroatoms. The first kappa shape index (κ1) is 22.7. The number of fused-ring (bicyclic) bond motifs is 1. The van der Waals surface area contributed by atoms with E-state index in [4.69, 9.17) is 9.47 Å². The SMILES string of the molecule is CCc1ccc(Cn2cnc3cc(C)cc(O[C@]4(O)[C@H](O)O[C@H](CO)[C@@H](O)[C@@H]4O)c32)cc1. The average molecular weight is 444 g/mol. The van der Waals surface area contributed by atoms with E-state index in [2.05, 4.69) is 24.0 Å². The first-order valence-corrected chi connectivity index (χ1v) is 10.5. The first-order valence-electron chi connectivity index (χ1n) is 10.5. The summed E-state index contributed by atoms with van der Waals surface area (Å²) >= 11 is 0. The lowest BCUT2D eigenvalue weighted by Gasteiger charge is -2.45. The second-order valence-electron chi connectivity index (χ2n) is 8.17. The molecule has 2 aromatic carbocycles. The normalized spacial score (nSPS) is 28.2. The third-order valence-electron chi connectivity index (χ3n) is 5.85. The fourth-order valence-corrected chi connectivity index (χ4v) is 3.95. The quantitative estimate of drug-likeness (QED) is 0.346. The molecule has 5 atom stereocenters. The zero-order valence-corrected chi connectivity index (χ0v) is 17.9. The molecule has 32 heavy (non-hydrogen) atoms. The van der Waals surface area contributed by atoms with Crippen molar-refractivity contribution in [3.63, 3.8) is 0 Å². The molecule has 3 aromatic rings. The fraction of sp³-hybridized carbons (Fsp3) is 0.435. The Bertz CT molecular complexity index is 1080. The van der Waals surface area contributed by atoms with Crippen LogP contribution in [0.1, 0.15) is 23.6 Å². The number of aliphatic hydroxyl groups excluding tert-OH is 4. The van der Waals surface area contributed by atoms with Crippen molar-refractivity contribution in [2.75, 3.05) is 6.61 Å². The minimum absolute atomic E-state index is 0.154. The largest absolute Gasteiger partial charge is 0.452 e. The molecule has 1 aliphatic heterocycles. The van der Waals surface area contributed by atoms with Gasteiger partial charge < -0.3 is 39.6 Å². The number of hydrogen-bond donors (Lipinski definition) is 5. The Balaban J connectivity index is 1.71. The maximum atomic E-state index is 11.0. The first-order chi connectivity index (χ1) is 15.3. The lowest BCUT2D eigenvalue weighted by atomic mass is 9.96. The van der Waals surface area contributed by atoms with Crippen molar-refractivity contribution in [3.8, 4) is 5.75 Å². The summed E-state index contributed by atoms with van der Waals surface area (Å²) in [6.07, 6.45) is -4.28. The molecule has 1 fully saturated rings. The van der Waals surface area contributed by atoms with Crippen molar-refractivity contribution < 1.29 is 35.0 Å². The van der Waals surface area contributed by atoms with Crippen LogP contribution >= 0.6 is 0 Å². The van der Waals surface area contributed by atoms with Crippen LogP contribution in [-0.4, -0.2) is 72.1 Å². The number of aryl methyl sites for hydroxylation is 2. The summed E-state index contributed by atoms with van der Waals surface area (Å²) in [5.41, 5.74) is 4.19. The van der Waals surface area contributed by atoms with E-state index in [9.17, 15) is 25.5 Å². The van der Waals surface area contributed by atoms with Gasteiger partial charge in [-0.25, -0.2) is 4.98 Å². The van der Waals surface area contributed by atoms with E-state index in [0.717, 1.165) is 17.5 Å². The number of aromatic nitrogens is 2. The lowest BCUT2D eigenvalue weighted by Crippen LogP contribution is -2.69. The third-order valence-corrected chi connectivity index (χ3v) is 5.85. The summed E-state index contributed by atoms with van der Waals surface area (Å²) in [4.78, 5) is 4.43. The highest BCUT2D eigenvalue weighted by atomic mass is 16.7. The van der Waals surface area contributed by atoms with Crippen molar-refractivity contribution >= 4 is 11.0 Å². The molecule has 0 bridgehead atoms. The molecule has 1 aliphatic rings. The minimum Gasteiger partial charge on any atom is -0.452 e. The van der Waals surface area contributed by atoms with Gasteiger partial charge in [-0.05, 0) is 42.2 Å². The van der Waals surface area contributed by atoms with Crippen LogP contribution < -0.4 is 4.74 Å². The standard InChI is InChI=1S/C23H28N2O7/c1-3-14-4-6-15(7-5-14)10-25-12-24-16-8-13(2)9-17(19(16)25)32-23(30)21(28)20(27)18(11-26)31-22(23)29/h4-9,12,18,20-22,26-30H,3,10-11H2,1-2H3/t18-,20-,21+,22-,23+/m1/s1. The Morgan fingerprint density at radius 1 is 1.12 bits per heavy atom. The van der Waals surface area contributed by atoms with Gasteiger partial charge in [-0.15, -0.1) is 0 Å². The van der Waals surface area contributed by atoms with Crippen LogP contribution in [0, 0.1) is 6.92 Å². The second-order valence-corrected chi connectivity index (χ2v) is 8.17. The van der Waals surface area contributed by atoms with E-state index < -0.39 is 37.0 Å². The van der Waals surface area contributed by atoms with Gasteiger partial charge in [-0.1, -0.05) is 31.2 Å². The van der Waals surface area contributed by atoms with Gasteiger partial charge in [0.2, 0.25) is 6.29 Å². The summed E-state index contributed by atoms with van der Waals surface area (Å²) < 4.78 is 12.6. The summed E-state index contributed by atoms with van der Waals surface area (Å²) in [6, 6.07) is 11.7. The second kappa shape index (κ2) is 8.78. The van der Waals surface area contributed by atoms with Crippen molar-refractivity contribution in [3.05, 3.63) is 59.4 Å². The minimum atomic E-state index is -2.66. The lowest BCUT2D eigenvalue weighted by molar-refractivity contribution is -0.385. The van der Waals surface area contributed by atoms with Crippen molar-refractivity contribution in [1.29, 1.82) is 0 Å². The maximum Gasteiger partial charge on any atom is 0.288 e. The van der Waals surface area contributed by atoms with Gasteiger partial charge in [0.1, 0.15) is 23.5 Å². The monoisotopic (exact) mass is 444 g/mol. The van der Waals surface area contributed by atoms with Crippen LogP contribution in [0.5, 0.6) is 5.75 Å². The van der Waals surface area contributed by atoms with Gasteiger partial charge >= 0.3 is 0 Å². The average Bonchev–Trinajstić information content (AvgIpc) is 3.18. The van der Waals surface area contributed by atoms with Gasteiger partial charge in [-0.2, -0.15) is 0 Å². The molecular formula is C23H28N2O7. The summed E-state index contributed by atoms with van der Waals surface area (Å²) in [5, 5.41) is 51.2. The molecule has 172 valence electrons. The van der Waals surface area contributed by atoms with Crippen LogP contribution in [0.3, 0.4) is 0 Å². The molecule has 0 amide bonds. The van der Waals surface area contributed by atoms with Crippen molar-refractivity contribution in [2.45, 2.75) is 57.2 Å². The Hall–Kier alpha value is -2.53. The topological polar surface area (TPSA) is 137 Å². The molecular weight excluding hydrogens is 416 g/mol.